The number of aromatic amines is 1. The number of benzene rings is 3. The third-order valence-electron chi connectivity index (χ3n) is 6.82. The molecule has 1 saturated heterocycles. The van der Waals surface area contributed by atoms with Crippen LogP contribution in [0.25, 0.3) is 10.9 Å². The number of methoxy groups -OCH3 is 1. The largest absolute Gasteiger partial charge is 0.494 e. The van der Waals surface area contributed by atoms with E-state index in [2.05, 4.69) is 10.3 Å². The fraction of sp³-hybridized carbons (Fsp3) is 0.226. The first-order valence-electron chi connectivity index (χ1n) is 13.2. The SMILES string of the molecule is COC(=O)c1ccc2c(C(=Nc3ccc(C(=O)COCCN4CCNC(=O)C4)cc3)c3ccccc3)c(O)[nH]c2c1. The summed E-state index contributed by atoms with van der Waals surface area (Å²) in [6.07, 6.45) is 0. The van der Waals surface area contributed by atoms with Gasteiger partial charge in [-0.15, -0.1) is 0 Å². The number of aromatic hydroxyl groups is 1. The lowest BCUT2D eigenvalue weighted by Gasteiger charge is -2.26. The molecule has 5 rings (SSSR count). The number of esters is 1. The van der Waals surface area contributed by atoms with Crippen LogP contribution in [0.2, 0.25) is 0 Å². The van der Waals surface area contributed by atoms with Gasteiger partial charge in [0.2, 0.25) is 5.91 Å². The van der Waals surface area contributed by atoms with Crippen LogP contribution < -0.4 is 5.32 Å². The lowest BCUT2D eigenvalue weighted by atomic mass is 10.00. The van der Waals surface area contributed by atoms with Crippen LogP contribution in [0.5, 0.6) is 5.88 Å². The third kappa shape index (κ3) is 6.51. The van der Waals surface area contributed by atoms with Gasteiger partial charge in [-0.2, -0.15) is 0 Å². The molecule has 0 radical (unpaired) electrons. The predicted molar refractivity (Wildman–Crippen MR) is 154 cm³/mol. The Morgan fingerprint density at radius 1 is 1.00 bits per heavy atom. The number of carbonyl (C=O) groups excluding carboxylic acids is 3. The van der Waals surface area contributed by atoms with E-state index in [0.717, 1.165) is 12.1 Å². The van der Waals surface area contributed by atoms with Gasteiger partial charge in [-0.25, -0.2) is 9.79 Å². The summed E-state index contributed by atoms with van der Waals surface area (Å²) in [5, 5.41) is 14.4. The highest BCUT2D eigenvalue weighted by Gasteiger charge is 2.20. The van der Waals surface area contributed by atoms with Crippen LogP contribution in [-0.4, -0.2) is 84.9 Å². The number of fused-ring (bicyclic) bond motifs is 1. The van der Waals surface area contributed by atoms with E-state index in [1.54, 1.807) is 42.5 Å². The summed E-state index contributed by atoms with van der Waals surface area (Å²) in [6.45, 7) is 2.61. The number of hydrogen-bond acceptors (Lipinski definition) is 8. The smallest absolute Gasteiger partial charge is 0.337 e. The summed E-state index contributed by atoms with van der Waals surface area (Å²) in [4.78, 5) is 45.9. The van der Waals surface area contributed by atoms with Gasteiger partial charge in [0.1, 0.15) is 6.61 Å². The fourth-order valence-electron chi connectivity index (χ4n) is 4.70. The van der Waals surface area contributed by atoms with E-state index in [4.69, 9.17) is 14.5 Å². The maximum atomic E-state index is 12.7. The molecule has 1 amide bonds. The number of ether oxygens (including phenoxy) is 2. The Morgan fingerprint density at radius 2 is 1.76 bits per heavy atom. The van der Waals surface area contributed by atoms with Gasteiger partial charge in [0, 0.05) is 41.7 Å². The van der Waals surface area contributed by atoms with Crippen molar-refractivity contribution in [1.29, 1.82) is 0 Å². The van der Waals surface area contributed by atoms with Gasteiger partial charge in [0.15, 0.2) is 11.7 Å². The van der Waals surface area contributed by atoms with Crippen molar-refractivity contribution >= 4 is 40.0 Å². The number of nitrogens with one attached hydrogen (secondary N) is 2. The highest BCUT2D eigenvalue weighted by Crippen LogP contribution is 2.32. The summed E-state index contributed by atoms with van der Waals surface area (Å²) in [7, 11) is 1.31. The van der Waals surface area contributed by atoms with Gasteiger partial charge in [-0.1, -0.05) is 36.4 Å². The van der Waals surface area contributed by atoms with Crippen molar-refractivity contribution in [2.24, 2.45) is 4.99 Å². The van der Waals surface area contributed by atoms with E-state index < -0.39 is 5.97 Å². The maximum absolute atomic E-state index is 12.7. The zero-order chi connectivity index (χ0) is 28.8. The van der Waals surface area contributed by atoms with E-state index >= 15 is 0 Å². The predicted octanol–water partition coefficient (Wildman–Crippen LogP) is 3.46. The monoisotopic (exact) mass is 554 g/mol. The second kappa shape index (κ2) is 12.6. The summed E-state index contributed by atoms with van der Waals surface area (Å²) < 4.78 is 10.4. The Morgan fingerprint density at radius 3 is 2.49 bits per heavy atom. The zero-order valence-corrected chi connectivity index (χ0v) is 22.6. The minimum atomic E-state index is -0.476. The molecule has 210 valence electrons. The lowest BCUT2D eigenvalue weighted by Crippen LogP contribution is -2.48. The molecule has 2 heterocycles. The highest BCUT2D eigenvalue weighted by atomic mass is 16.5. The molecule has 1 aliphatic heterocycles. The molecule has 3 N–H and O–H groups in total. The summed E-state index contributed by atoms with van der Waals surface area (Å²) in [5.41, 5.74) is 3.79. The number of nitrogens with zero attached hydrogens (tertiary/aromatic N) is 2. The number of hydrogen-bond donors (Lipinski definition) is 3. The molecular formula is C31H30N4O6. The lowest BCUT2D eigenvalue weighted by molar-refractivity contribution is -0.124. The average Bonchev–Trinajstić information content (AvgIpc) is 3.33. The molecule has 0 aliphatic carbocycles. The van der Waals surface area contributed by atoms with Gasteiger partial charge in [-0.05, 0) is 36.4 Å². The first-order valence-corrected chi connectivity index (χ1v) is 13.2. The number of amides is 1. The zero-order valence-electron chi connectivity index (χ0n) is 22.6. The molecule has 0 unspecified atom stereocenters. The Balaban J connectivity index is 1.35. The molecule has 1 fully saturated rings. The molecular weight excluding hydrogens is 524 g/mol. The quantitative estimate of drug-likeness (QED) is 0.118. The second-order valence-corrected chi connectivity index (χ2v) is 9.58. The third-order valence-corrected chi connectivity index (χ3v) is 6.82. The van der Waals surface area contributed by atoms with E-state index in [-0.39, 0.29) is 24.2 Å². The van der Waals surface area contributed by atoms with Crippen LogP contribution in [0.4, 0.5) is 5.69 Å². The molecule has 1 aliphatic rings. The van der Waals surface area contributed by atoms with Crippen LogP contribution in [0.15, 0.2) is 77.8 Å². The second-order valence-electron chi connectivity index (χ2n) is 9.58. The van der Waals surface area contributed by atoms with E-state index in [0.29, 0.717) is 65.2 Å². The minimum Gasteiger partial charge on any atom is -0.494 e. The number of rotatable bonds is 10. The number of ketones is 1. The molecule has 0 saturated carbocycles. The standard InChI is InChI=1S/C31H30N4O6/c1-40-31(39)22-9-12-24-25(17-22)34-30(38)28(24)29(21-5-3-2-4-6-21)33-23-10-7-20(8-11-23)26(36)19-41-16-15-35-14-13-32-27(37)18-35/h2-12,17,34,38H,13-16,18-19H2,1H3,(H,32,37). The molecule has 0 spiro atoms. The van der Waals surface area contributed by atoms with Gasteiger partial charge < -0.3 is 24.9 Å². The van der Waals surface area contributed by atoms with Crippen LogP contribution in [0.3, 0.4) is 0 Å². The highest BCUT2D eigenvalue weighted by molar-refractivity contribution is 6.22. The normalized spacial score (nSPS) is 14.2. The molecule has 1 aromatic heterocycles. The Labute approximate surface area is 236 Å². The van der Waals surface area contributed by atoms with Crippen LogP contribution in [-0.2, 0) is 14.3 Å². The van der Waals surface area contributed by atoms with E-state index in [1.807, 2.05) is 35.2 Å². The van der Waals surface area contributed by atoms with Crippen molar-refractivity contribution in [1.82, 2.24) is 15.2 Å². The van der Waals surface area contributed by atoms with Crippen LogP contribution in [0, 0.1) is 0 Å². The van der Waals surface area contributed by atoms with Crippen molar-refractivity contribution in [3.63, 3.8) is 0 Å². The van der Waals surface area contributed by atoms with Crippen molar-refractivity contribution in [2.75, 3.05) is 46.5 Å². The number of Topliss-reactive ketones (excluding diaryl/α,β-unsaturated/α-hetero) is 1. The van der Waals surface area contributed by atoms with Gasteiger partial charge in [0.05, 0.1) is 42.8 Å². The summed E-state index contributed by atoms with van der Waals surface area (Å²) in [5.74, 6) is -0.719. The Bertz CT molecular complexity index is 1590. The number of aromatic nitrogens is 1. The van der Waals surface area contributed by atoms with Gasteiger partial charge in [-0.3, -0.25) is 14.5 Å². The number of aliphatic imine (C=N–C) groups is 1. The fourth-order valence-corrected chi connectivity index (χ4v) is 4.70. The van der Waals surface area contributed by atoms with Gasteiger partial charge >= 0.3 is 5.97 Å². The first-order chi connectivity index (χ1) is 19.9. The Kier molecular flexibility index (Phi) is 8.52. The van der Waals surface area contributed by atoms with Crippen molar-refractivity contribution < 1.29 is 29.0 Å². The molecule has 4 aromatic rings. The minimum absolute atomic E-state index is 0.00175. The van der Waals surface area contributed by atoms with Crippen molar-refractivity contribution in [2.45, 2.75) is 0 Å². The molecule has 10 heteroatoms. The molecule has 0 atom stereocenters. The molecule has 10 nitrogen and oxygen atoms in total. The van der Waals surface area contributed by atoms with E-state index in [1.165, 1.54) is 7.11 Å². The first kappa shape index (κ1) is 27.8. The number of H-pyrrole nitrogens is 1. The topological polar surface area (TPSA) is 133 Å². The average molecular weight is 555 g/mol. The molecule has 41 heavy (non-hydrogen) atoms. The molecule has 3 aromatic carbocycles. The van der Waals surface area contributed by atoms with Crippen LogP contribution >= 0.6 is 0 Å². The number of piperazine rings is 1. The maximum Gasteiger partial charge on any atom is 0.337 e. The van der Waals surface area contributed by atoms with Crippen LogP contribution in [0.1, 0.15) is 31.8 Å². The summed E-state index contributed by atoms with van der Waals surface area (Å²) in [6, 6.07) is 21.3. The van der Waals surface area contributed by atoms with E-state index in [9.17, 15) is 19.5 Å². The summed E-state index contributed by atoms with van der Waals surface area (Å²) >= 11 is 0. The van der Waals surface area contributed by atoms with Crippen molar-refractivity contribution in [3.8, 4) is 5.88 Å². The molecule has 0 bridgehead atoms. The van der Waals surface area contributed by atoms with Gasteiger partial charge in [0.25, 0.3) is 0 Å². The Hall–Kier alpha value is -4.80. The number of carbonyl (C=O) groups is 3. The van der Waals surface area contributed by atoms with Crippen molar-refractivity contribution in [3.05, 3.63) is 95.1 Å².